The minimum absolute atomic E-state index is 0.601. The Labute approximate surface area is 353 Å². The zero-order valence-corrected chi connectivity index (χ0v) is 33.5. The molecule has 288 valence electrons. The number of rotatable bonds is 8. The summed E-state index contributed by atoms with van der Waals surface area (Å²) in [6.07, 6.45) is 4.08. The highest BCUT2D eigenvalue weighted by Gasteiger charge is 2.18. The average molecular weight is 783 g/mol. The van der Waals surface area contributed by atoms with E-state index >= 15 is 0 Å². The predicted molar refractivity (Wildman–Crippen MR) is 252 cm³/mol. The van der Waals surface area contributed by atoms with E-state index in [0.29, 0.717) is 17.5 Å². The third kappa shape index (κ3) is 6.40. The molecule has 0 amide bonds. The minimum atomic E-state index is 0.601. The third-order valence-electron chi connectivity index (χ3n) is 11.6. The molecule has 11 rings (SSSR count). The van der Waals surface area contributed by atoms with Crippen molar-refractivity contribution in [3.05, 3.63) is 217 Å². The molecule has 5 nitrogen and oxygen atoms in total. The van der Waals surface area contributed by atoms with Crippen molar-refractivity contribution in [3.8, 4) is 51.0 Å². The van der Waals surface area contributed by atoms with Crippen LogP contribution in [0.2, 0.25) is 0 Å². The van der Waals surface area contributed by atoms with Crippen LogP contribution in [0.5, 0.6) is 0 Å². The fraction of sp³-hybridized carbons (Fsp3) is 0.0179. The summed E-state index contributed by atoms with van der Waals surface area (Å²) in [6.45, 7) is 6.28. The maximum Gasteiger partial charge on any atom is 0.164 e. The molecule has 0 aliphatic heterocycles. The van der Waals surface area contributed by atoms with Crippen LogP contribution in [0, 0.1) is 6.92 Å². The second-order valence-electron chi connectivity index (χ2n) is 15.3. The maximum absolute atomic E-state index is 6.27. The summed E-state index contributed by atoms with van der Waals surface area (Å²) in [4.78, 5) is 15.2. The third-order valence-corrected chi connectivity index (χ3v) is 11.6. The van der Waals surface area contributed by atoms with Gasteiger partial charge < -0.3 is 8.98 Å². The second-order valence-corrected chi connectivity index (χ2v) is 15.3. The predicted octanol–water partition coefficient (Wildman–Crippen LogP) is 14.6. The van der Waals surface area contributed by atoms with Gasteiger partial charge in [-0.2, -0.15) is 0 Å². The van der Waals surface area contributed by atoms with Gasteiger partial charge in [-0.3, -0.25) is 0 Å². The molecular weight excluding hydrogens is 745 g/mol. The smallest absolute Gasteiger partial charge is 0.164 e. The second kappa shape index (κ2) is 14.9. The van der Waals surface area contributed by atoms with Crippen molar-refractivity contribution in [1.82, 2.24) is 19.5 Å². The molecule has 0 bridgehead atoms. The van der Waals surface area contributed by atoms with E-state index in [0.717, 1.165) is 83.2 Å². The van der Waals surface area contributed by atoms with Crippen LogP contribution in [0.25, 0.3) is 106 Å². The van der Waals surface area contributed by atoms with Crippen molar-refractivity contribution in [1.29, 1.82) is 0 Å². The highest BCUT2D eigenvalue weighted by Crippen LogP contribution is 2.40. The van der Waals surface area contributed by atoms with E-state index in [9.17, 15) is 0 Å². The summed E-state index contributed by atoms with van der Waals surface area (Å²) in [7, 11) is 0. The number of furan rings is 1. The first-order valence-electron chi connectivity index (χ1n) is 20.5. The lowest BCUT2D eigenvalue weighted by Gasteiger charge is -2.12. The molecule has 0 spiro atoms. The summed E-state index contributed by atoms with van der Waals surface area (Å²) in [5, 5.41) is 4.64. The number of hydrogen-bond acceptors (Lipinski definition) is 4. The molecule has 0 saturated heterocycles. The summed E-state index contributed by atoms with van der Waals surface area (Å²) >= 11 is 0. The Morgan fingerprint density at radius 3 is 1.93 bits per heavy atom. The largest absolute Gasteiger partial charge is 0.456 e. The molecular formula is C56H38N4O. The number of aromatic nitrogens is 4. The van der Waals surface area contributed by atoms with Gasteiger partial charge in [0.2, 0.25) is 0 Å². The topological polar surface area (TPSA) is 56.7 Å². The summed E-state index contributed by atoms with van der Waals surface area (Å²) in [5.74, 6) is 1.82. The number of hydrogen-bond donors (Lipinski definition) is 0. The van der Waals surface area contributed by atoms with Gasteiger partial charge in [0.15, 0.2) is 17.5 Å². The van der Waals surface area contributed by atoms with Gasteiger partial charge in [0.05, 0.1) is 11.0 Å². The highest BCUT2D eigenvalue weighted by molar-refractivity contribution is 6.14. The Bertz CT molecular complexity index is 3500. The summed E-state index contributed by atoms with van der Waals surface area (Å²) < 4.78 is 8.63. The molecule has 5 heteroatoms. The standard InChI is InChI=1S/C56H38N4O/c1-3-37(33-40-18-8-7-15-36(40)2)41-19-13-20-43(34-41)56-58-54(38-16-5-4-6-17-38)57-55(59-56)39-27-30-44(31-28-39)60-49-24-11-9-21-46(49)47-32-29-42(35-50(47)60)45-23-14-26-52-53(45)48-22-10-12-25-51(48)61-52/h3-35H,1H2,2H3/b37-33+. The van der Waals surface area contributed by atoms with E-state index in [1.165, 1.54) is 16.3 Å². The Hall–Kier alpha value is -8.15. The lowest BCUT2D eigenvalue weighted by atomic mass is 9.98. The highest BCUT2D eigenvalue weighted by atomic mass is 16.3. The van der Waals surface area contributed by atoms with Gasteiger partial charge in [0.25, 0.3) is 0 Å². The molecule has 0 aliphatic rings. The van der Waals surface area contributed by atoms with E-state index < -0.39 is 0 Å². The van der Waals surface area contributed by atoms with Crippen LogP contribution in [0.4, 0.5) is 0 Å². The number of aryl methyl sites for hydroxylation is 1. The number of nitrogens with zero attached hydrogens (tertiary/aromatic N) is 4. The molecule has 0 N–H and O–H groups in total. The molecule has 0 atom stereocenters. The van der Waals surface area contributed by atoms with Gasteiger partial charge >= 0.3 is 0 Å². The Kier molecular flexibility index (Phi) is 8.79. The Morgan fingerprint density at radius 1 is 0.508 bits per heavy atom. The lowest BCUT2D eigenvalue weighted by Crippen LogP contribution is -2.01. The maximum atomic E-state index is 6.27. The van der Waals surface area contributed by atoms with Crippen molar-refractivity contribution in [2.45, 2.75) is 6.92 Å². The molecule has 0 radical (unpaired) electrons. The van der Waals surface area contributed by atoms with E-state index in [1.54, 1.807) is 0 Å². The zero-order chi connectivity index (χ0) is 40.9. The number of para-hydroxylation sites is 2. The van der Waals surface area contributed by atoms with Crippen LogP contribution < -0.4 is 0 Å². The van der Waals surface area contributed by atoms with Crippen molar-refractivity contribution in [3.63, 3.8) is 0 Å². The first kappa shape index (κ1) is 36.0. The summed E-state index contributed by atoms with van der Waals surface area (Å²) in [5.41, 5.74) is 14.5. The van der Waals surface area contributed by atoms with E-state index in [4.69, 9.17) is 19.4 Å². The zero-order valence-electron chi connectivity index (χ0n) is 33.5. The molecule has 0 fully saturated rings. The quantitative estimate of drug-likeness (QED) is 0.114. The van der Waals surface area contributed by atoms with Gasteiger partial charge in [0, 0.05) is 43.9 Å². The summed E-state index contributed by atoms with van der Waals surface area (Å²) in [6, 6.07) is 65.4. The van der Waals surface area contributed by atoms with E-state index in [2.05, 4.69) is 170 Å². The Balaban J connectivity index is 1.02. The monoisotopic (exact) mass is 782 g/mol. The first-order valence-corrected chi connectivity index (χ1v) is 20.5. The van der Waals surface area contributed by atoms with Crippen LogP contribution >= 0.6 is 0 Å². The van der Waals surface area contributed by atoms with Crippen molar-refractivity contribution >= 4 is 55.4 Å². The van der Waals surface area contributed by atoms with E-state index in [1.807, 2.05) is 48.5 Å². The SMILES string of the molecule is C=C/C(=C\c1ccccc1C)c1cccc(-c2nc(-c3ccccc3)nc(-c3ccc(-n4c5ccccc5c5ccc(-c6cccc7oc8ccccc8c67)cc54)cc3)n2)c1. The van der Waals surface area contributed by atoms with Crippen molar-refractivity contribution in [2.75, 3.05) is 0 Å². The fourth-order valence-electron chi connectivity index (χ4n) is 8.56. The fourth-order valence-corrected chi connectivity index (χ4v) is 8.56. The van der Waals surface area contributed by atoms with Gasteiger partial charge in [-0.1, -0.05) is 146 Å². The molecule has 0 aliphatic carbocycles. The van der Waals surface area contributed by atoms with Gasteiger partial charge in [-0.15, -0.1) is 0 Å². The molecule has 61 heavy (non-hydrogen) atoms. The average Bonchev–Trinajstić information content (AvgIpc) is 3.87. The molecule has 3 aromatic heterocycles. The van der Waals surface area contributed by atoms with Crippen LogP contribution in [0.1, 0.15) is 16.7 Å². The van der Waals surface area contributed by atoms with Crippen LogP contribution in [0.3, 0.4) is 0 Å². The van der Waals surface area contributed by atoms with Gasteiger partial charge in [-0.05, 0) is 101 Å². The first-order chi connectivity index (χ1) is 30.1. The molecule has 8 aromatic carbocycles. The molecule has 0 saturated carbocycles. The van der Waals surface area contributed by atoms with Gasteiger partial charge in [-0.25, -0.2) is 15.0 Å². The van der Waals surface area contributed by atoms with E-state index in [-0.39, 0.29) is 0 Å². The van der Waals surface area contributed by atoms with Crippen molar-refractivity contribution < 1.29 is 4.42 Å². The number of allylic oxidation sites excluding steroid dienone is 2. The van der Waals surface area contributed by atoms with Gasteiger partial charge in [0.1, 0.15) is 11.2 Å². The normalized spacial score (nSPS) is 11.9. The van der Waals surface area contributed by atoms with Crippen LogP contribution in [-0.4, -0.2) is 19.5 Å². The lowest BCUT2D eigenvalue weighted by molar-refractivity contribution is 0.669. The molecule has 11 aromatic rings. The minimum Gasteiger partial charge on any atom is -0.456 e. The Morgan fingerprint density at radius 2 is 1.13 bits per heavy atom. The van der Waals surface area contributed by atoms with Crippen molar-refractivity contribution in [2.24, 2.45) is 0 Å². The number of fused-ring (bicyclic) bond motifs is 6. The van der Waals surface area contributed by atoms with Crippen LogP contribution in [0.15, 0.2) is 205 Å². The van der Waals surface area contributed by atoms with Crippen LogP contribution in [-0.2, 0) is 0 Å². The molecule has 3 heterocycles. The number of benzene rings is 8. The molecule has 0 unspecified atom stereocenters.